The molecule has 4 rings (SSSR count). The van der Waals surface area contributed by atoms with Gasteiger partial charge in [-0.15, -0.1) is 11.8 Å². The number of hydrogen-bond donors (Lipinski definition) is 1. The molecule has 2 heterocycles. The van der Waals surface area contributed by atoms with Crippen LogP contribution in [0.5, 0.6) is 11.8 Å². The Kier molecular flexibility index (Phi) is 5.94. The van der Waals surface area contributed by atoms with Crippen molar-refractivity contribution in [2.75, 3.05) is 16.9 Å². The number of ether oxygens (including phenoxy) is 1. The number of anilines is 1. The molecule has 8 heteroatoms. The predicted molar refractivity (Wildman–Crippen MR) is 116 cm³/mol. The second kappa shape index (κ2) is 8.96. The van der Waals surface area contributed by atoms with Crippen molar-refractivity contribution in [2.45, 2.75) is 13.0 Å². The molecule has 7 nitrogen and oxygen atoms in total. The van der Waals surface area contributed by atoms with Crippen molar-refractivity contribution in [1.29, 1.82) is 0 Å². The van der Waals surface area contributed by atoms with E-state index in [1.165, 1.54) is 0 Å². The maximum Gasteiger partial charge on any atom is 0.321 e. The summed E-state index contributed by atoms with van der Waals surface area (Å²) in [6.07, 6.45) is 3.21. The predicted octanol–water partition coefficient (Wildman–Crippen LogP) is 3.73. The van der Waals surface area contributed by atoms with Crippen molar-refractivity contribution < 1.29 is 14.3 Å². The molecule has 1 fully saturated rings. The maximum absolute atomic E-state index is 12.9. The molecule has 1 saturated heterocycles. The number of amides is 2. The quantitative estimate of drug-likeness (QED) is 0.677. The number of hydrogen-bond acceptors (Lipinski definition) is 6. The van der Waals surface area contributed by atoms with Gasteiger partial charge in [-0.1, -0.05) is 18.2 Å². The molecular formula is C22H20N4O3S. The van der Waals surface area contributed by atoms with E-state index < -0.39 is 6.04 Å². The van der Waals surface area contributed by atoms with Crippen LogP contribution >= 0.6 is 11.8 Å². The molecule has 1 aromatic heterocycles. The average molecular weight is 420 g/mol. The number of carbonyl (C=O) groups is 2. The summed E-state index contributed by atoms with van der Waals surface area (Å²) in [7, 11) is 0. The van der Waals surface area contributed by atoms with Crippen molar-refractivity contribution in [3.05, 3.63) is 78.1 Å². The summed E-state index contributed by atoms with van der Waals surface area (Å²) in [4.78, 5) is 35.4. The molecule has 0 saturated carbocycles. The van der Waals surface area contributed by atoms with Gasteiger partial charge in [0.1, 0.15) is 11.8 Å². The van der Waals surface area contributed by atoms with Crippen LogP contribution in [0, 0.1) is 6.92 Å². The third-order valence-electron chi connectivity index (χ3n) is 4.67. The van der Waals surface area contributed by atoms with Gasteiger partial charge in [-0.25, -0.2) is 9.97 Å². The van der Waals surface area contributed by atoms with E-state index in [4.69, 9.17) is 4.74 Å². The third-order valence-corrected chi connectivity index (χ3v) is 5.69. The highest BCUT2D eigenvalue weighted by Gasteiger charge is 2.35. The first-order valence-electron chi connectivity index (χ1n) is 9.42. The summed E-state index contributed by atoms with van der Waals surface area (Å²) in [6.45, 7) is 1.88. The molecule has 1 aliphatic heterocycles. The number of aryl methyl sites for hydroxylation is 1. The molecule has 2 aromatic carbocycles. The van der Waals surface area contributed by atoms with Gasteiger partial charge < -0.3 is 15.0 Å². The van der Waals surface area contributed by atoms with Crippen LogP contribution < -0.4 is 10.1 Å². The van der Waals surface area contributed by atoms with Crippen LogP contribution in [0.1, 0.15) is 15.9 Å². The Balaban J connectivity index is 1.44. The zero-order valence-corrected chi connectivity index (χ0v) is 17.1. The highest BCUT2D eigenvalue weighted by molar-refractivity contribution is 7.99. The minimum Gasteiger partial charge on any atom is -0.424 e. The fourth-order valence-electron chi connectivity index (χ4n) is 3.11. The van der Waals surface area contributed by atoms with Gasteiger partial charge in [-0.05, 0) is 48.9 Å². The molecule has 152 valence electrons. The van der Waals surface area contributed by atoms with E-state index >= 15 is 0 Å². The highest BCUT2D eigenvalue weighted by Crippen LogP contribution is 2.27. The van der Waals surface area contributed by atoms with Gasteiger partial charge in [0.05, 0.1) is 5.88 Å². The lowest BCUT2D eigenvalue weighted by atomic mass is 10.1. The van der Waals surface area contributed by atoms with Gasteiger partial charge >= 0.3 is 6.01 Å². The van der Waals surface area contributed by atoms with Gasteiger partial charge in [-0.3, -0.25) is 9.59 Å². The highest BCUT2D eigenvalue weighted by atomic mass is 32.2. The van der Waals surface area contributed by atoms with Crippen LogP contribution in [-0.2, 0) is 4.79 Å². The topological polar surface area (TPSA) is 84.4 Å². The van der Waals surface area contributed by atoms with Gasteiger partial charge in [0.15, 0.2) is 0 Å². The van der Waals surface area contributed by atoms with Crippen LogP contribution in [-0.4, -0.2) is 44.4 Å². The molecule has 2 amide bonds. The summed E-state index contributed by atoms with van der Waals surface area (Å²) in [5, 5.41) is 2.95. The van der Waals surface area contributed by atoms with Gasteiger partial charge in [0, 0.05) is 29.4 Å². The second-order valence-corrected chi connectivity index (χ2v) is 7.76. The Morgan fingerprint density at radius 2 is 1.87 bits per heavy atom. The SMILES string of the molecule is Cc1cc(Oc2ncccn2)ccc1NC(=O)C1CSCN1C(=O)c1ccccc1. The molecule has 3 aromatic rings. The summed E-state index contributed by atoms with van der Waals surface area (Å²) in [5.74, 6) is 1.30. The van der Waals surface area contributed by atoms with Gasteiger partial charge in [0.25, 0.3) is 5.91 Å². The summed E-state index contributed by atoms with van der Waals surface area (Å²) in [6, 6.07) is 15.8. The number of rotatable bonds is 5. The van der Waals surface area contributed by atoms with E-state index in [9.17, 15) is 9.59 Å². The molecule has 1 N–H and O–H groups in total. The average Bonchev–Trinajstić information content (AvgIpc) is 3.26. The lowest BCUT2D eigenvalue weighted by Gasteiger charge is -2.23. The monoisotopic (exact) mass is 420 g/mol. The Hall–Kier alpha value is -3.39. The summed E-state index contributed by atoms with van der Waals surface area (Å²) >= 11 is 1.57. The van der Waals surface area contributed by atoms with E-state index in [1.807, 2.05) is 31.2 Å². The molecule has 0 aliphatic carbocycles. The van der Waals surface area contributed by atoms with Gasteiger partial charge in [-0.2, -0.15) is 0 Å². The third kappa shape index (κ3) is 4.44. The first kappa shape index (κ1) is 19.9. The van der Waals surface area contributed by atoms with E-state index in [0.717, 1.165) is 5.56 Å². The zero-order chi connectivity index (χ0) is 20.9. The first-order chi connectivity index (χ1) is 14.6. The normalized spacial score (nSPS) is 15.6. The van der Waals surface area contributed by atoms with Crippen LogP contribution in [0.4, 0.5) is 5.69 Å². The van der Waals surface area contributed by atoms with Crippen molar-refractivity contribution in [3.8, 4) is 11.8 Å². The van der Waals surface area contributed by atoms with E-state index in [1.54, 1.807) is 59.4 Å². The first-order valence-corrected chi connectivity index (χ1v) is 10.6. The number of aromatic nitrogens is 2. The molecule has 1 atom stereocenters. The minimum atomic E-state index is -0.518. The number of nitrogens with one attached hydrogen (secondary N) is 1. The zero-order valence-electron chi connectivity index (χ0n) is 16.3. The van der Waals surface area contributed by atoms with E-state index in [-0.39, 0.29) is 17.8 Å². The van der Waals surface area contributed by atoms with Crippen molar-refractivity contribution in [2.24, 2.45) is 0 Å². The fraction of sp³-hybridized carbons (Fsp3) is 0.182. The van der Waals surface area contributed by atoms with Crippen LogP contribution in [0.15, 0.2) is 67.0 Å². The maximum atomic E-state index is 12.9. The fourth-order valence-corrected chi connectivity index (χ4v) is 4.26. The molecule has 1 unspecified atom stereocenters. The second-order valence-electron chi connectivity index (χ2n) is 6.76. The van der Waals surface area contributed by atoms with Crippen molar-refractivity contribution >= 4 is 29.3 Å². The summed E-state index contributed by atoms with van der Waals surface area (Å²) < 4.78 is 5.63. The lowest BCUT2D eigenvalue weighted by molar-refractivity contribution is -0.119. The van der Waals surface area contributed by atoms with Crippen molar-refractivity contribution in [3.63, 3.8) is 0 Å². The number of carbonyl (C=O) groups excluding carboxylic acids is 2. The van der Waals surface area contributed by atoms with E-state index in [0.29, 0.717) is 28.6 Å². The Morgan fingerprint density at radius 3 is 2.60 bits per heavy atom. The van der Waals surface area contributed by atoms with Crippen LogP contribution in [0.25, 0.3) is 0 Å². The standard InChI is InChI=1S/C22H20N4O3S/c1-15-12-17(29-22-23-10-5-11-24-22)8-9-18(15)25-20(27)19-13-30-14-26(19)21(28)16-6-3-2-4-7-16/h2-12,19H,13-14H2,1H3,(H,25,27). The molecule has 0 radical (unpaired) electrons. The Morgan fingerprint density at radius 1 is 1.10 bits per heavy atom. The molecular weight excluding hydrogens is 400 g/mol. The molecule has 30 heavy (non-hydrogen) atoms. The lowest BCUT2D eigenvalue weighted by Crippen LogP contribution is -2.44. The van der Waals surface area contributed by atoms with Gasteiger partial charge in [0.2, 0.25) is 5.91 Å². The molecule has 0 bridgehead atoms. The van der Waals surface area contributed by atoms with Crippen molar-refractivity contribution in [1.82, 2.24) is 14.9 Å². The smallest absolute Gasteiger partial charge is 0.321 e. The number of benzene rings is 2. The number of nitrogens with zero attached hydrogens (tertiary/aromatic N) is 3. The minimum absolute atomic E-state index is 0.135. The Bertz CT molecular complexity index is 1050. The van der Waals surface area contributed by atoms with E-state index in [2.05, 4.69) is 15.3 Å². The summed E-state index contributed by atoms with van der Waals surface area (Å²) in [5.41, 5.74) is 2.09. The number of thioether (sulfide) groups is 1. The Labute approximate surface area is 178 Å². The largest absolute Gasteiger partial charge is 0.424 e. The van der Waals surface area contributed by atoms with Crippen LogP contribution in [0.3, 0.4) is 0 Å². The molecule has 0 spiro atoms. The van der Waals surface area contributed by atoms with Crippen LogP contribution in [0.2, 0.25) is 0 Å². The molecule has 1 aliphatic rings.